The molecule has 0 aliphatic carbocycles. The predicted octanol–water partition coefficient (Wildman–Crippen LogP) is 2.93. The van der Waals surface area contributed by atoms with Gasteiger partial charge in [-0.15, -0.1) is 0 Å². The van der Waals surface area contributed by atoms with Crippen molar-refractivity contribution >= 4 is 11.7 Å². The third-order valence-electron chi connectivity index (χ3n) is 2.57. The van der Waals surface area contributed by atoms with Crippen molar-refractivity contribution in [3.05, 3.63) is 57.5 Å². The van der Waals surface area contributed by atoms with Crippen molar-refractivity contribution in [3.8, 4) is 11.6 Å². The minimum atomic E-state index is -1.45. The fourth-order valence-electron chi connectivity index (χ4n) is 1.62. The van der Waals surface area contributed by atoms with Crippen LogP contribution in [0.5, 0.6) is 11.6 Å². The van der Waals surface area contributed by atoms with Crippen molar-refractivity contribution in [1.29, 1.82) is 0 Å². The molecule has 0 amide bonds. The summed E-state index contributed by atoms with van der Waals surface area (Å²) in [5.41, 5.74) is -0.191. The van der Waals surface area contributed by atoms with Gasteiger partial charge in [0.25, 0.3) is 0 Å². The van der Waals surface area contributed by atoms with Crippen LogP contribution in [-0.2, 0) is 0 Å². The molecule has 2 rings (SSSR count). The van der Waals surface area contributed by atoms with E-state index in [9.17, 15) is 19.3 Å². The van der Waals surface area contributed by atoms with Crippen molar-refractivity contribution in [3.63, 3.8) is 0 Å². The summed E-state index contributed by atoms with van der Waals surface area (Å²) in [6.45, 7) is 1.69. The minimum Gasteiger partial charge on any atom is -0.477 e. The smallest absolute Gasteiger partial charge is 0.341 e. The number of carbonyl (C=O) groups is 1. The molecule has 21 heavy (non-hydrogen) atoms. The molecule has 2 aromatic rings. The summed E-state index contributed by atoms with van der Waals surface area (Å²) in [5, 5.41) is 19.9. The summed E-state index contributed by atoms with van der Waals surface area (Å²) in [5.74, 6) is -2.88. The zero-order valence-corrected chi connectivity index (χ0v) is 10.7. The minimum absolute atomic E-state index is 0.165. The highest BCUT2D eigenvalue weighted by Crippen LogP contribution is 2.32. The number of nitro benzene ring substituents is 1. The number of nitrogens with zero attached hydrogens (tertiary/aromatic N) is 2. The quantitative estimate of drug-likeness (QED) is 0.686. The first-order chi connectivity index (χ1) is 9.88. The van der Waals surface area contributed by atoms with Gasteiger partial charge >= 0.3 is 11.7 Å². The average molecular weight is 292 g/mol. The van der Waals surface area contributed by atoms with Crippen LogP contribution in [0.1, 0.15) is 15.9 Å². The van der Waals surface area contributed by atoms with E-state index in [4.69, 9.17) is 9.84 Å². The van der Waals surface area contributed by atoms with Gasteiger partial charge in [-0.25, -0.2) is 14.2 Å². The van der Waals surface area contributed by atoms with Crippen molar-refractivity contribution in [2.45, 2.75) is 6.92 Å². The number of hydrogen-bond acceptors (Lipinski definition) is 5. The maximum Gasteiger partial charge on any atom is 0.341 e. The van der Waals surface area contributed by atoms with Crippen molar-refractivity contribution in [1.82, 2.24) is 4.98 Å². The molecule has 108 valence electrons. The van der Waals surface area contributed by atoms with E-state index in [1.165, 1.54) is 18.2 Å². The van der Waals surface area contributed by atoms with Gasteiger partial charge in [0.15, 0.2) is 0 Å². The molecule has 8 heteroatoms. The summed E-state index contributed by atoms with van der Waals surface area (Å²) in [4.78, 5) is 24.8. The van der Waals surface area contributed by atoms with Gasteiger partial charge in [-0.05, 0) is 24.6 Å². The molecule has 0 fully saturated rings. The van der Waals surface area contributed by atoms with Gasteiger partial charge in [0.2, 0.25) is 11.6 Å². The number of ether oxygens (including phenoxy) is 1. The highest BCUT2D eigenvalue weighted by atomic mass is 19.1. The number of aromatic carboxylic acids is 1. The largest absolute Gasteiger partial charge is 0.477 e. The standard InChI is InChI=1S/C13H9FN2O5/c1-7-2-3-10(16(19)20)11(4-7)21-12-9(13(17)18)5-8(14)6-15-12/h2-6H,1H3,(H,17,18). The van der Waals surface area contributed by atoms with E-state index in [0.29, 0.717) is 5.56 Å². The van der Waals surface area contributed by atoms with E-state index in [0.717, 1.165) is 12.3 Å². The molecule has 1 N–H and O–H groups in total. The van der Waals surface area contributed by atoms with Crippen LogP contribution in [0, 0.1) is 22.9 Å². The Morgan fingerprint density at radius 2 is 2.14 bits per heavy atom. The third-order valence-corrected chi connectivity index (χ3v) is 2.57. The van der Waals surface area contributed by atoms with Crippen LogP contribution in [-0.4, -0.2) is 21.0 Å². The van der Waals surface area contributed by atoms with E-state index in [1.54, 1.807) is 6.92 Å². The zero-order chi connectivity index (χ0) is 15.6. The average Bonchev–Trinajstić information content (AvgIpc) is 2.40. The van der Waals surface area contributed by atoms with Crippen LogP contribution in [0.25, 0.3) is 0 Å². The molecule has 1 aromatic heterocycles. The molecule has 1 aromatic carbocycles. The summed E-state index contributed by atoms with van der Waals surface area (Å²) in [6, 6.07) is 4.84. The molecule has 0 unspecified atom stereocenters. The molecule has 0 saturated carbocycles. The third kappa shape index (κ3) is 3.11. The number of carboxylic acids is 1. The molecule has 0 aliphatic heterocycles. The Bertz CT molecular complexity index is 732. The second-order valence-corrected chi connectivity index (χ2v) is 4.14. The van der Waals surface area contributed by atoms with E-state index in [1.807, 2.05) is 0 Å². The lowest BCUT2D eigenvalue weighted by Gasteiger charge is -2.08. The molecule has 0 bridgehead atoms. The maximum absolute atomic E-state index is 13.0. The van der Waals surface area contributed by atoms with Crippen LogP contribution >= 0.6 is 0 Å². The second kappa shape index (κ2) is 5.53. The van der Waals surface area contributed by atoms with Crippen LogP contribution in [0.15, 0.2) is 30.5 Å². The Morgan fingerprint density at radius 3 is 2.76 bits per heavy atom. The van der Waals surface area contributed by atoms with Crippen LogP contribution in [0.3, 0.4) is 0 Å². The first-order valence-electron chi connectivity index (χ1n) is 5.70. The van der Waals surface area contributed by atoms with Crippen LogP contribution < -0.4 is 4.74 Å². The van der Waals surface area contributed by atoms with Gasteiger partial charge in [-0.1, -0.05) is 6.07 Å². The van der Waals surface area contributed by atoms with Crippen molar-refractivity contribution in [2.24, 2.45) is 0 Å². The Labute approximate surface area is 117 Å². The lowest BCUT2D eigenvalue weighted by molar-refractivity contribution is -0.385. The normalized spacial score (nSPS) is 10.2. The molecular weight excluding hydrogens is 283 g/mol. The number of aromatic nitrogens is 1. The number of rotatable bonds is 4. The molecule has 0 saturated heterocycles. The second-order valence-electron chi connectivity index (χ2n) is 4.14. The number of halogens is 1. The topological polar surface area (TPSA) is 103 Å². The molecule has 0 atom stereocenters. The molecule has 1 heterocycles. The summed E-state index contributed by atoms with van der Waals surface area (Å²) >= 11 is 0. The van der Waals surface area contributed by atoms with Crippen LogP contribution in [0.2, 0.25) is 0 Å². The number of benzene rings is 1. The number of nitro groups is 1. The Kier molecular flexibility index (Phi) is 3.79. The van der Waals surface area contributed by atoms with Crippen LogP contribution in [0.4, 0.5) is 10.1 Å². The molecular formula is C13H9FN2O5. The van der Waals surface area contributed by atoms with E-state index < -0.39 is 28.2 Å². The Morgan fingerprint density at radius 1 is 1.43 bits per heavy atom. The highest BCUT2D eigenvalue weighted by Gasteiger charge is 2.20. The van der Waals surface area contributed by atoms with Gasteiger partial charge in [-0.2, -0.15) is 0 Å². The molecule has 0 aliphatic rings. The monoisotopic (exact) mass is 292 g/mol. The zero-order valence-electron chi connectivity index (χ0n) is 10.7. The lowest BCUT2D eigenvalue weighted by Crippen LogP contribution is -2.04. The first kappa shape index (κ1) is 14.4. The molecule has 0 radical (unpaired) electrons. The molecule has 0 spiro atoms. The van der Waals surface area contributed by atoms with Crippen molar-refractivity contribution in [2.75, 3.05) is 0 Å². The van der Waals surface area contributed by atoms with E-state index in [2.05, 4.69) is 4.98 Å². The number of hydrogen-bond donors (Lipinski definition) is 1. The highest BCUT2D eigenvalue weighted by molar-refractivity contribution is 5.90. The number of aryl methyl sites for hydroxylation is 1. The fraction of sp³-hybridized carbons (Fsp3) is 0.0769. The Hall–Kier alpha value is -3.03. The summed E-state index contributed by atoms with van der Waals surface area (Å²) in [6.07, 6.45) is 0.767. The fourth-order valence-corrected chi connectivity index (χ4v) is 1.62. The number of carboxylic acid groups (broad SMARTS) is 1. The SMILES string of the molecule is Cc1ccc([N+](=O)[O-])c(Oc2ncc(F)cc2C(=O)O)c1. The predicted molar refractivity (Wildman–Crippen MR) is 69.1 cm³/mol. The van der Waals surface area contributed by atoms with Crippen molar-refractivity contribution < 1.29 is 24.0 Å². The number of pyridine rings is 1. The molecule has 7 nitrogen and oxygen atoms in total. The van der Waals surface area contributed by atoms with Gasteiger partial charge in [0.05, 0.1) is 11.1 Å². The van der Waals surface area contributed by atoms with E-state index >= 15 is 0 Å². The van der Waals surface area contributed by atoms with Gasteiger partial charge in [-0.3, -0.25) is 10.1 Å². The Balaban J connectivity index is 2.50. The van der Waals surface area contributed by atoms with Gasteiger partial charge in [0.1, 0.15) is 11.4 Å². The lowest BCUT2D eigenvalue weighted by atomic mass is 10.2. The maximum atomic E-state index is 13.0. The van der Waals surface area contributed by atoms with Gasteiger partial charge < -0.3 is 9.84 Å². The first-order valence-corrected chi connectivity index (χ1v) is 5.70. The summed E-state index contributed by atoms with van der Waals surface area (Å²) < 4.78 is 18.2. The van der Waals surface area contributed by atoms with E-state index in [-0.39, 0.29) is 11.4 Å². The van der Waals surface area contributed by atoms with Gasteiger partial charge in [0, 0.05) is 6.07 Å². The summed E-state index contributed by atoms with van der Waals surface area (Å²) in [7, 11) is 0.